The first kappa shape index (κ1) is 19.6. The number of fused-ring (bicyclic) bond motifs is 1. The van der Waals surface area contributed by atoms with Gasteiger partial charge in [-0.25, -0.2) is 9.36 Å². The Labute approximate surface area is 179 Å². The van der Waals surface area contributed by atoms with Crippen molar-refractivity contribution in [3.8, 4) is 5.69 Å². The standard InChI is InChI=1S/C21H14Cl2N2O3S/c1-12-9-15-19(27)25(14-5-3-2-4-6-14)21(28)24(20(15)29-12)11-18(26)13-7-8-16(22)17(23)10-13/h2-10H,11H2,1H3. The molecule has 4 rings (SSSR count). The van der Waals surface area contributed by atoms with Gasteiger partial charge in [-0.1, -0.05) is 41.4 Å². The van der Waals surface area contributed by atoms with Crippen LogP contribution in [-0.2, 0) is 6.54 Å². The lowest BCUT2D eigenvalue weighted by Gasteiger charge is -2.12. The molecule has 0 bridgehead atoms. The van der Waals surface area contributed by atoms with Gasteiger partial charge in [0.1, 0.15) is 4.83 Å². The van der Waals surface area contributed by atoms with Gasteiger partial charge in [0.15, 0.2) is 5.78 Å². The molecule has 0 N–H and O–H groups in total. The van der Waals surface area contributed by atoms with Crippen LogP contribution in [0, 0.1) is 6.92 Å². The van der Waals surface area contributed by atoms with Gasteiger partial charge >= 0.3 is 5.69 Å². The van der Waals surface area contributed by atoms with Gasteiger partial charge in [-0.3, -0.25) is 14.2 Å². The van der Waals surface area contributed by atoms with Gasteiger partial charge in [0.05, 0.1) is 27.7 Å². The summed E-state index contributed by atoms with van der Waals surface area (Å²) in [7, 11) is 0. The smallest absolute Gasteiger partial charge is 0.292 e. The largest absolute Gasteiger partial charge is 0.337 e. The van der Waals surface area contributed by atoms with Crippen LogP contribution in [0.1, 0.15) is 15.2 Å². The second kappa shape index (κ2) is 7.63. The van der Waals surface area contributed by atoms with Crippen molar-refractivity contribution in [2.75, 3.05) is 0 Å². The first-order valence-electron chi connectivity index (χ1n) is 8.66. The fourth-order valence-electron chi connectivity index (χ4n) is 3.12. The van der Waals surface area contributed by atoms with E-state index in [-0.39, 0.29) is 17.4 Å². The number of ketones is 1. The Morgan fingerprint density at radius 1 is 1.00 bits per heavy atom. The van der Waals surface area contributed by atoms with E-state index in [0.717, 1.165) is 9.44 Å². The van der Waals surface area contributed by atoms with Crippen molar-refractivity contribution in [1.82, 2.24) is 9.13 Å². The van der Waals surface area contributed by atoms with E-state index in [0.29, 0.717) is 26.5 Å². The molecular weight excluding hydrogens is 431 g/mol. The van der Waals surface area contributed by atoms with Crippen LogP contribution in [0.3, 0.4) is 0 Å². The highest BCUT2D eigenvalue weighted by atomic mass is 35.5. The minimum Gasteiger partial charge on any atom is -0.292 e. The van der Waals surface area contributed by atoms with Crippen LogP contribution in [0.4, 0.5) is 0 Å². The summed E-state index contributed by atoms with van der Waals surface area (Å²) in [5.41, 5.74) is -0.183. The molecule has 0 radical (unpaired) electrons. The number of thiophene rings is 1. The quantitative estimate of drug-likeness (QED) is 0.428. The third-order valence-electron chi connectivity index (χ3n) is 4.49. The second-order valence-electron chi connectivity index (χ2n) is 6.47. The molecule has 8 heteroatoms. The van der Waals surface area contributed by atoms with Gasteiger partial charge < -0.3 is 0 Å². The monoisotopic (exact) mass is 444 g/mol. The average molecular weight is 445 g/mol. The van der Waals surface area contributed by atoms with Crippen LogP contribution in [0.2, 0.25) is 10.0 Å². The topological polar surface area (TPSA) is 61.1 Å². The van der Waals surface area contributed by atoms with E-state index in [4.69, 9.17) is 23.2 Å². The Hall–Kier alpha value is -2.67. The molecule has 0 atom stereocenters. The third kappa shape index (κ3) is 3.55. The van der Waals surface area contributed by atoms with Crippen molar-refractivity contribution in [2.24, 2.45) is 0 Å². The molecular formula is C21H14Cl2N2O3S. The first-order chi connectivity index (χ1) is 13.9. The lowest BCUT2D eigenvalue weighted by Crippen LogP contribution is -2.39. The number of aryl methyl sites for hydroxylation is 1. The molecule has 0 saturated carbocycles. The summed E-state index contributed by atoms with van der Waals surface area (Å²) in [5.74, 6) is -0.309. The molecule has 0 fully saturated rings. The summed E-state index contributed by atoms with van der Waals surface area (Å²) >= 11 is 13.2. The molecule has 0 spiro atoms. The molecule has 0 saturated heterocycles. The van der Waals surface area contributed by atoms with Gasteiger partial charge in [-0.05, 0) is 43.3 Å². The van der Waals surface area contributed by atoms with Crippen molar-refractivity contribution in [3.63, 3.8) is 0 Å². The number of hydrogen-bond donors (Lipinski definition) is 0. The average Bonchev–Trinajstić information content (AvgIpc) is 3.10. The predicted octanol–water partition coefficient (Wildman–Crippen LogP) is 4.71. The van der Waals surface area contributed by atoms with E-state index in [1.807, 2.05) is 6.92 Å². The Balaban J connectivity index is 1.92. The maximum absolute atomic E-state index is 13.2. The molecule has 0 aliphatic rings. The molecule has 0 aliphatic carbocycles. The lowest BCUT2D eigenvalue weighted by atomic mass is 10.1. The van der Waals surface area contributed by atoms with Gasteiger partial charge in [0, 0.05) is 10.4 Å². The van der Waals surface area contributed by atoms with E-state index in [1.54, 1.807) is 42.5 Å². The Bertz CT molecular complexity index is 1370. The summed E-state index contributed by atoms with van der Waals surface area (Å²) in [6, 6.07) is 15.0. The fraction of sp³-hybridized carbons (Fsp3) is 0.0952. The number of aromatic nitrogens is 2. The van der Waals surface area contributed by atoms with Gasteiger partial charge in [0.2, 0.25) is 0 Å². The van der Waals surface area contributed by atoms with Crippen molar-refractivity contribution in [1.29, 1.82) is 0 Å². The third-order valence-corrected chi connectivity index (χ3v) is 6.31. The SMILES string of the molecule is Cc1cc2c(=O)n(-c3ccccc3)c(=O)n(CC(=O)c3ccc(Cl)c(Cl)c3)c2s1. The highest BCUT2D eigenvalue weighted by Gasteiger charge is 2.19. The summed E-state index contributed by atoms with van der Waals surface area (Å²) < 4.78 is 2.43. The van der Waals surface area contributed by atoms with Crippen molar-refractivity contribution < 1.29 is 4.79 Å². The van der Waals surface area contributed by atoms with Crippen LogP contribution in [-0.4, -0.2) is 14.9 Å². The minimum absolute atomic E-state index is 0.222. The summed E-state index contributed by atoms with van der Waals surface area (Å²) in [6.45, 7) is 1.63. The summed E-state index contributed by atoms with van der Waals surface area (Å²) in [4.78, 5) is 40.4. The van der Waals surface area contributed by atoms with E-state index in [2.05, 4.69) is 0 Å². The number of halogens is 2. The highest BCUT2D eigenvalue weighted by Crippen LogP contribution is 2.24. The Kier molecular flexibility index (Phi) is 5.17. The maximum atomic E-state index is 13.2. The Morgan fingerprint density at radius 3 is 2.41 bits per heavy atom. The molecule has 146 valence electrons. The number of hydrogen-bond acceptors (Lipinski definition) is 4. The molecule has 4 aromatic rings. The number of carbonyl (C=O) groups is 1. The minimum atomic E-state index is -0.566. The van der Waals surface area contributed by atoms with Crippen molar-refractivity contribution in [3.05, 3.63) is 95.9 Å². The van der Waals surface area contributed by atoms with Crippen LogP contribution < -0.4 is 11.2 Å². The number of para-hydroxylation sites is 1. The van der Waals surface area contributed by atoms with Crippen LogP contribution in [0.25, 0.3) is 15.9 Å². The zero-order valence-electron chi connectivity index (χ0n) is 15.2. The Morgan fingerprint density at radius 2 is 1.72 bits per heavy atom. The van der Waals surface area contributed by atoms with E-state index >= 15 is 0 Å². The number of benzene rings is 2. The summed E-state index contributed by atoms with van der Waals surface area (Å²) in [5, 5.41) is 1.00. The molecule has 2 aromatic heterocycles. The number of rotatable bonds is 4. The van der Waals surface area contributed by atoms with Crippen LogP contribution in [0.5, 0.6) is 0 Å². The molecule has 2 heterocycles. The molecule has 2 aromatic carbocycles. The maximum Gasteiger partial charge on any atom is 0.337 e. The molecule has 29 heavy (non-hydrogen) atoms. The molecule has 0 unspecified atom stereocenters. The van der Waals surface area contributed by atoms with Gasteiger partial charge in [-0.15, -0.1) is 11.3 Å². The van der Waals surface area contributed by atoms with E-state index in [1.165, 1.54) is 28.0 Å². The molecule has 0 aliphatic heterocycles. The number of Topliss-reactive ketones (excluding diaryl/α,β-unsaturated/α-hetero) is 1. The van der Waals surface area contributed by atoms with Crippen LogP contribution >= 0.6 is 34.5 Å². The zero-order chi connectivity index (χ0) is 20.7. The normalized spacial score (nSPS) is 11.1. The highest BCUT2D eigenvalue weighted by molar-refractivity contribution is 7.18. The fourth-order valence-corrected chi connectivity index (χ4v) is 4.41. The number of nitrogens with zero attached hydrogens (tertiary/aromatic N) is 2. The van der Waals surface area contributed by atoms with E-state index in [9.17, 15) is 14.4 Å². The van der Waals surface area contributed by atoms with Crippen molar-refractivity contribution >= 4 is 50.5 Å². The zero-order valence-corrected chi connectivity index (χ0v) is 17.5. The van der Waals surface area contributed by atoms with E-state index < -0.39 is 11.2 Å². The second-order valence-corrected chi connectivity index (χ2v) is 8.52. The molecule has 5 nitrogen and oxygen atoms in total. The summed E-state index contributed by atoms with van der Waals surface area (Å²) in [6.07, 6.45) is 0. The molecule has 0 amide bonds. The van der Waals surface area contributed by atoms with Crippen LogP contribution in [0.15, 0.2) is 64.2 Å². The predicted molar refractivity (Wildman–Crippen MR) is 117 cm³/mol. The number of carbonyl (C=O) groups excluding carboxylic acids is 1. The van der Waals surface area contributed by atoms with Gasteiger partial charge in [-0.2, -0.15) is 0 Å². The first-order valence-corrected chi connectivity index (χ1v) is 10.2. The van der Waals surface area contributed by atoms with Gasteiger partial charge in [0.25, 0.3) is 5.56 Å². The lowest BCUT2D eigenvalue weighted by molar-refractivity contribution is 0.0972. The van der Waals surface area contributed by atoms with Crippen molar-refractivity contribution in [2.45, 2.75) is 13.5 Å².